The van der Waals surface area contributed by atoms with Crippen molar-refractivity contribution in [3.63, 3.8) is 0 Å². The van der Waals surface area contributed by atoms with Gasteiger partial charge in [-0.05, 0) is 36.9 Å². The number of carbonyl (C=O) groups is 1. The van der Waals surface area contributed by atoms with Gasteiger partial charge in [-0.15, -0.1) is 0 Å². The number of benzene rings is 1. The Hall–Kier alpha value is -1.43. The lowest BCUT2D eigenvalue weighted by Crippen LogP contribution is -2.36. The smallest absolute Gasteiger partial charge is 0.224 e. The standard InChI is InChI=1S/C21H31N3O2/c25-21(19-13-20-7-3-4-8-24(20)16-19)22-14-17-5-1-2-6-18(17)15-23-9-11-26-12-10-23/h1-2,5-6,19-20H,3-4,7-16H2,(H,22,25)/t19-,20+/m0/s1. The van der Waals surface area contributed by atoms with Crippen LogP contribution in [0.25, 0.3) is 0 Å². The Bertz CT molecular complexity index is 601. The average Bonchev–Trinajstić information content (AvgIpc) is 3.12. The fourth-order valence-electron chi connectivity index (χ4n) is 4.65. The van der Waals surface area contributed by atoms with Crippen LogP contribution in [0.3, 0.4) is 0 Å². The summed E-state index contributed by atoms with van der Waals surface area (Å²) in [5.74, 6) is 0.407. The van der Waals surface area contributed by atoms with Gasteiger partial charge in [0, 0.05) is 38.8 Å². The van der Waals surface area contributed by atoms with Gasteiger partial charge in [0.2, 0.25) is 5.91 Å². The van der Waals surface area contributed by atoms with Crippen molar-refractivity contribution in [3.05, 3.63) is 35.4 Å². The zero-order valence-corrected chi connectivity index (χ0v) is 15.7. The van der Waals surface area contributed by atoms with E-state index < -0.39 is 0 Å². The first-order valence-corrected chi connectivity index (χ1v) is 10.2. The maximum Gasteiger partial charge on any atom is 0.224 e. The van der Waals surface area contributed by atoms with Gasteiger partial charge in [-0.2, -0.15) is 0 Å². The minimum atomic E-state index is 0.171. The van der Waals surface area contributed by atoms with Crippen molar-refractivity contribution < 1.29 is 9.53 Å². The van der Waals surface area contributed by atoms with Crippen LogP contribution < -0.4 is 5.32 Å². The summed E-state index contributed by atoms with van der Waals surface area (Å²) in [6.45, 7) is 7.31. The molecule has 0 saturated carbocycles. The number of fused-ring (bicyclic) bond motifs is 1. The topological polar surface area (TPSA) is 44.8 Å². The molecule has 3 saturated heterocycles. The maximum absolute atomic E-state index is 12.7. The predicted molar refractivity (Wildman–Crippen MR) is 102 cm³/mol. The predicted octanol–water partition coefficient (Wildman–Crippen LogP) is 2.01. The Kier molecular flexibility index (Phi) is 5.88. The van der Waals surface area contributed by atoms with Gasteiger partial charge in [-0.1, -0.05) is 30.7 Å². The number of carbonyl (C=O) groups excluding carboxylic acids is 1. The molecule has 1 aromatic rings. The molecule has 0 unspecified atom stereocenters. The van der Waals surface area contributed by atoms with E-state index in [0.717, 1.165) is 45.8 Å². The summed E-state index contributed by atoms with van der Waals surface area (Å²) in [5.41, 5.74) is 2.56. The molecule has 142 valence electrons. The van der Waals surface area contributed by atoms with E-state index in [4.69, 9.17) is 4.74 Å². The van der Waals surface area contributed by atoms with E-state index in [9.17, 15) is 4.79 Å². The van der Waals surface area contributed by atoms with Crippen LogP contribution in [0.2, 0.25) is 0 Å². The summed E-state index contributed by atoms with van der Waals surface area (Å²) in [4.78, 5) is 17.7. The lowest BCUT2D eigenvalue weighted by molar-refractivity contribution is -0.124. The molecule has 2 atom stereocenters. The highest BCUT2D eigenvalue weighted by molar-refractivity contribution is 5.79. The molecule has 3 aliphatic rings. The van der Waals surface area contributed by atoms with E-state index >= 15 is 0 Å². The number of nitrogens with one attached hydrogen (secondary N) is 1. The third-order valence-electron chi connectivity index (χ3n) is 6.20. The third-order valence-corrected chi connectivity index (χ3v) is 6.20. The Morgan fingerprint density at radius 1 is 1.12 bits per heavy atom. The van der Waals surface area contributed by atoms with Crippen LogP contribution in [-0.2, 0) is 22.6 Å². The van der Waals surface area contributed by atoms with Crippen molar-refractivity contribution in [1.82, 2.24) is 15.1 Å². The molecule has 5 nitrogen and oxygen atoms in total. The maximum atomic E-state index is 12.7. The van der Waals surface area contributed by atoms with Gasteiger partial charge >= 0.3 is 0 Å². The molecule has 4 rings (SSSR count). The molecule has 26 heavy (non-hydrogen) atoms. The van der Waals surface area contributed by atoms with E-state index in [0.29, 0.717) is 12.6 Å². The van der Waals surface area contributed by atoms with Crippen molar-refractivity contribution in [2.45, 2.75) is 44.8 Å². The van der Waals surface area contributed by atoms with E-state index in [1.54, 1.807) is 0 Å². The number of hydrogen-bond acceptors (Lipinski definition) is 4. The normalized spacial score (nSPS) is 27.2. The van der Waals surface area contributed by atoms with Crippen LogP contribution >= 0.6 is 0 Å². The molecule has 5 heteroatoms. The molecule has 0 bridgehead atoms. The van der Waals surface area contributed by atoms with E-state index in [1.807, 2.05) is 0 Å². The molecule has 0 radical (unpaired) electrons. The SMILES string of the molecule is O=C(NCc1ccccc1CN1CCOCC1)[C@H]1C[C@H]2CCCCN2C1. The van der Waals surface area contributed by atoms with Gasteiger partial charge in [0.15, 0.2) is 0 Å². The second kappa shape index (κ2) is 8.51. The first-order chi connectivity index (χ1) is 12.8. The fraction of sp³-hybridized carbons (Fsp3) is 0.667. The van der Waals surface area contributed by atoms with Crippen LogP contribution in [0, 0.1) is 5.92 Å². The van der Waals surface area contributed by atoms with Crippen LogP contribution in [0.5, 0.6) is 0 Å². The lowest BCUT2D eigenvalue weighted by atomic mass is 9.99. The van der Waals surface area contributed by atoms with Gasteiger partial charge in [-0.25, -0.2) is 0 Å². The summed E-state index contributed by atoms with van der Waals surface area (Å²) >= 11 is 0. The molecule has 3 heterocycles. The monoisotopic (exact) mass is 357 g/mol. The largest absolute Gasteiger partial charge is 0.379 e. The molecule has 1 aromatic carbocycles. The van der Waals surface area contributed by atoms with Gasteiger partial charge < -0.3 is 10.1 Å². The van der Waals surface area contributed by atoms with Crippen molar-refractivity contribution in [3.8, 4) is 0 Å². The third kappa shape index (κ3) is 4.27. The number of hydrogen-bond donors (Lipinski definition) is 1. The Balaban J connectivity index is 1.32. The molecule has 3 fully saturated rings. The first kappa shape index (κ1) is 18.0. The minimum Gasteiger partial charge on any atom is -0.379 e. The van der Waals surface area contributed by atoms with Crippen LogP contribution in [0.15, 0.2) is 24.3 Å². The zero-order chi connectivity index (χ0) is 17.8. The molecule has 1 N–H and O–H groups in total. The van der Waals surface area contributed by atoms with Gasteiger partial charge in [0.1, 0.15) is 0 Å². The quantitative estimate of drug-likeness (QED) is 0.876. The van der Waals surface area contributed by atoms with Crippen molar-refractivity contribution in [2.75, 3.05) is 39.4 Å². The number of piperidine rings is 1. The second-order valence-electron chi connectivity index (χ2n) is 7.95. The number of rotatable bonds is 5. The number of nitrogens with zero attached hydrogens (tertiary/aromatic N) is 2. The summed E-state index contributed by atoms with van der Waals surface area (Å²) in [6.07, 6.45) is 4.93. The van der Waals surface area contributed by atoms with Crippen LogP contribution in [-0.4, -0.2) is 61.1 Å². The van der Waals surface area contributed by atoms with Crippen LogP contribution in [0.1, 0.15) is 36.8 Å². The second-order valence-corrected chi connectivity index (χ2v) is 7.95. The summed E-state index contributed by atoms with van der Waals surface area (Å²) < 4.78 is 5.44. The summed E-state index contributed by atoms with van der Waals surface area (Å²) in [7, 11) is 0. The number of amides is 1. The van der Waals surface area contributed by atoms with Crippen molar-refractivity contribution in [1.29, 1.82) is 0 Å². The van der Waals surface area contributed by atoms with E-state index in [2.05, 4.69) is 39.4 Å². The number of ether oxygens (including phenoxy) is 1. The average molecular weight is 357 g/mol. The molecular formula is C21H31N3O2. The van der Waals surface area contributed by atoms with Gasteiger partial charge in [0.25, 0.3) is 0 Å². The first-order valence-electron chi connectivity index (χ1n) is 10.2. The van der Waals surface area contributed by atoms with E-state index in [-0.39, 0.29) is 11.8 Å². The minimum absolute atomic E-state index is 0.171. The molecule has 0 spiro atoms. The highest BCUT2D eigenvalue weighted by Gasteiger charge is 2.36. The number of morpholine rings is 1. The zero-order valence-electron chi connectivity index (χ0n) is 15.7. The summed E-state index contributed by atoms with van der Waals surface area (Å²) in [5, 5.41) is 3.22. The lowest BCUT2D eigenvalue weighted by Gasteiger charge is -2.28. The summed E-state index contributed by atoms with van der Waals surface area (Å²) in [6, 6.07) is 9.14. The Morgan fingerprint density at radius 2 is 1.92 bits per heavy atom. The van der Waals surface area contributed by atoms with Crippen molar-refractivity contribution >= 4 is 5.91 Å². The molecule has 0 aliphatic carbocycles. The Labute approximate surface area is 156 Å². The molecular weight excluding hydrogens is 326 g/mol. The fourth-order valence-corrected chi connectivity index (χ4v) is 4.65. The molecule has 0 aromatic heterocycles. The highest BCUT2D eigenvalue weighted by atomic mass is 16.5. The highest BCUT2D eigenvalue weighted by Crippen LogP contribution is 2.30. The molecule has 1 amide bonds. The molecule has 3 aliphatic heterocycles. The van der Waals surface area contributed by atoms with Gasteiger partial charge in [-0.3, -0.25) is 14.6 Å². The van der Waals surface area contributed by atoms with Crippen molar-refractivity contribution in [2.24, 2.45) is 5.92 Å². The van der Waals surface area contributed by atoms with Crippen LogP contribution in [0.4, 0.5) is 0 Å². The van der Waals surface area contributed by atoms with Gasteiger partial charge in [0.05, 0.1) is 19.1 Å². The Morgan fingerprint density at radius 3 is 2.73 bits per heavy atom. The van der Waals surface area contributed by atoms with E-state index in [1.165, 1.54) is 36.9 Å².